The Morgan fingerprint density at radius 1 is 1.25 bits per heavy atom. The second-order valence-electron chi connectivity index (χ2n) is 5.94. The summed E-state index contributed by atoms with van der Waals surface area (Å²) in [6.07, 6.45) is 5.87. The summed E-state index contributed by atoms with van der Waals surface area (Å²) >= 11 is 0. The van der Waals surface area contributed by atoms with Crippen molar-refractivity contribution in [2.24, 2.45) is 5.92 Å². The van der Waals surface area contributed by atoms with Crippen molar-refractivity contribution in [1.82, 2.24) is 4.90 Å². The topological polar surface area (TPSA) is 40.5 Å². The van der Waals surface area contributed by atoms with Gasteiger partial charge in [0.2, 0.25) is 5.91 Å². The summed E-state index contributed by atoms with van der Waals surface area (Å²) in [4.78, 5) is 14.3. The number of nitrogens with zero attached hydrogens (tertiary/aromatic N) is 1. The number of hydrogen-bond donors (Lipinski definition) is 1. The number of piperidine rings is 1. The van der Waals surface area contributed by atoms with E-state index in [9.17, 15) is 9.90 Å². The predicted octanol–water partition coefficient (Wildman–Crippen LogP) is 1.94. The number of amides is 1. The van der Waals surface area contributed by atoms with Gasteiger partial charge in [-0.1, -0.05) is 12.8 Å². The van der Waals surface area contributed by atoms with E-state index in [-0.39, 0.29) is 23.5 Å². The molecule has 16 heavy (non-hydrogen) atoms. The molecule has 2 fully saturated rings. The fraction of sp³-hybridized carbons (Fsp3) is 0.923. The van der Waals surface area contributed by atoms with Crippen molar-refractivity contribution in [2.75, 3.05) is 6.54 Å². The first-order chi connectivity index (χ1) is 7.50. The van der Waals surface area contributed by atoms with Crippen molar-refractivity contribution in [3.8, 4) is 0 Å². The second-order valence-corrected chi connectivity index (χ2v) is 5.94. The molecule has 1 aliphatic carbocycles. The Balaban J connectivity index is 2.07. The Morgan fingerprint density at radius 2 is 1.88 bits per heavy atom. The van der Waals surface area contributed by atoms with Gasteiger partial charge in [0, 0.05) is 18.0 Å². The molecule has 1 saturated heterocycles. The zero-order valence-corrected chi connectivity index (χ0v) is 10.4. The van der Waals surface area contributed by atoms with Crippen molar-refractivity contribution in [3.63, 3.8) is 0 Å². The van der Waals surface area contributed by atoms with Crippen LogP contribution >= 0.6 is 0 Å². The quantitative estimate of drug-likeness (QED) is 0.741. The third-order valence-corrected chi connectivity index (χ3v) is 4.18. The highest BCUT2D eigenvalue weighted by atomic mass is 16.3. The van der Waals surface area contributed by atoms with Crippen LogP contribution in [0.4, 0.5) is 0 Å². The summed E-state index contributed by atoms with van der Waals surface area (Å²) in [5.41, 5.74) is -0.0705. The van der Waals surface area contributed by atoms with E-state index in [1.165, 1.54) is 12.8 Å². The zero-order chi connectivity index (χ0) is 11.8. The summed E-state index contributed by atoms with van der Waals surface area (Å²) in [5.74, 6) is 0.505. The van der Waals surface area contributed by atoms with Crippen LogP contribution < -0.4 is 0 Å². The van der Waals surface area contributed by atoms with E-state index in [1.807, 2.05) is 4.90 Å². The number of aliphatic hydroxyl groups is 1. The van der Waals surface area contributed by atoms with Crippen LogP contribution in [-0.2, 0) is 4.79 Å². The van der Waals surface area contributed by atoms with Crippen LogP contribution in [0, 0.1) is 5.92 Å². The highest BCUT2D eigenvalue weighted by molar-refractivity contribution is 5.80. The van der Waals surface area contributed by atoms with Crippen LogP contribution in [0.3, 0.4) is 0 Å². The van der Waals surface area contributed by atoms with E-state index in [1.54, 1.807) is 0 Å². The SMILES string of the molecule is CC1(C)CCC(O)CN1C(=O)C1CCCC1. The number of carbonyl (C=O) groups is 1. The Hall–Kier alpha value is -0.570. The Bertz CT molecular complexity index is 269. The van der Waals surface area contributed by atoms with Gasteiger partial charge in [0.15, 0.2) is 0 Å². The van der Waals surface area contributed by atoms with E-state index in [4.69, 9.17) is 0 Å². The first-order valence-electron chi connectivity index (χ1n) is 6.50. The van der Waals surface area contributed by atoms with Crippen LogP contribution in [-0.4, -0.2) is 34.1 Å². The summed E-state index contributed by atoms with van der Waals surface area (Å²) in [6, 6.07) is 0. The van der Waals surface area contributed by atoms with Gasteiger partial charge in [-0.25, -0.2) is 0 Å². The van der Waals surface area contributed by atoms with Gasteiger partial charge in [-0.15, -0.1) is 0 Å². The molecule has 0 aromatic rings. The van der Waals surface area contributed by atoms with Crippen LogP contribution in [0.15, 0.2) is 0 Å². The standard InChI is InChI=1S/C13H23NO2/c1-13(2)8-7-11(15)9-14(13)12(16)10-5-3-4-6-10/h10-11,15H,3-9H2,1-2H3. The number of aliphatic hydroxyl groups excluding tert-OH is 1. The smallest absolute Gasteiger partial charge is 0.226 e. The number of likely N-dealkylation sites (tertiary alicyclic amines) is 1. The maximum atomic E-state index is 12.4. The molecule has 1 saturated carbocycles. The van der Waals surface area contributed by atoms with E-state index >= 15 is 0 Å². The van der Waals surface area contributed by atoms with Crippen molar-refractivity contribution in [3.05, 3.63) is 0 Å². The Morgan fingerprint density at radius 3 is 2.50 bits per heavy atom. The average molecular weight is 225 g/mol. The number of hydrogen-bond acceptors (Lipinski definition) is 2. The Labute approximate surface area is 97.8 Å². The molecule has 1 heterocycles. The molecule has 92 valence electrons. The zero-order valence-electron chi connectivity index (χ0n) is 10.4. The molecule has 1 atom stereocenters. The third kappa shape index (κ3) is 2.24. The molecule has 1 N–H and O–H groups in total. The van der Waals surface area contributed by atoms with Crippen LogP contribution in [0.25, 0.3) is 0 Å². The fourth-order valence-electron chi connectivity index (χ4n) is 2.99. The van der Waals surface area contributed by atoms with Crippen molar-refractivity contribution in [2.45, 2.75) is 64.0 Å². The summed E-state index contributed by atoms with van der Waals surface area (Å²) in [7, 11) is 0. The molecule has 3 heteroatoms. The lowest BCUT2D eigenvalue weighted by Gasteiger charge is -2.45. The first-order valence-corrected chi connectivity index (χ1v) is 6.50. The molecule has 0 aromatic carbocycles. The van der Waals surface area contributed by atoms with Crippen LogP contribution in [0.5, 0.6) is 0 Å². The molecule has 2 aliphatic rings. The van der Waals surface area contributed by atoms with Crippen LogP contribution in [0.1, 0.15) is 52.4 Å². The predicted molar refractivity (Wildman–Crippen MR) is 63.0 cm³/mol. The summed E-state index contributed by atoms with van der Waals surface area (Å²) in [5, 5.41) is 9.71. The number of β-amino-alcohol motifs (C(OH)–C–C–N with tert-alkyl or cyclic N) is 1. The fourth-order valence-corrected chi connectivity index (χ4v) is 2.99. The average Bonchev–Trinajstić information content (AvgIpc) is 2.74. The molecule has 2 rings (SSSR count). The highest BCUT2D eigenvalue weighted by Gasteiger charge is 2.39. The number of carbonyl (C=O) groups excluding carboxylic acids is 1. The highest BCUT2D eigenvalue weighted by Crippen LogP contribution is 2.33. The van der Waals surface area contributed by atoms with Crippen LogP contribution in [0.2, 0.25) is 0 Å². The van der Waals surface area contributed by atoms with Crippen molar-refractivity contribution in [1.29, 1.82) is 0 Å². The van der Waals surface area contributed by atoms with E-state index < -0.39 is 0 Å². The molecule has 0 aromatic heterocycles. The van der Waals surface area contributed by atoms with Crippen molar-refractivity contribution >= 4 is 5.91 Å². The monoisotopic (exact) mass is 225 g/mol. The second kappa shape index (κ2) is 4.36. The molecule has 0 bridgehead atoms. The third-order valence-electron chi connectivity index (χ3n) is 4.18. The van der Waals surface area contributed by atoms with E-state index in [0.29, 0.717) is 6.54 Å². The van der Waals surface area contributed by atoms with Gasteiger partial charge >= 0.3 is 0 Å². The van der Waals surface area contributed by atoms with Crippen molar-refractivity contribution < 1.29 is 9.90 Å². The van der Waals surface area contributed by atoms with E-state index in [2.05, 4.69) is 13.8 Å². The largest absolute Gasteiger partial charge is 0.391 e. The molecule has 1 aliphatic heterocycles. The molecule has 1 amide bonds. The molecule has 3 nitrogen and oxygen atoms in total. The van der Waals surface area contributed by atoms with Gasteiger partial charge in [0.1, 0.15) is 0 Å². The first kappa shape index (κ1) is 11.9. The molecule has 1 unspecified atom stereocenters. The van der Waals surface area contributed by atoms with E-state index in [0.717, 1.165) is 25.7 Å². The van der Waals surface area contributed by atoms with Gasteiger partial charge in [0.25, 0.3) is 0 Å². The van der Waals surface area contributed by atoms with Gasteiger partial charge in [-0.05, 0) is 39.5 Å². The summed E-state index contributed by atoms with van der Waals surface area (Å²) < 4.78 is 0. The summed E-state index contributed by atoms with van der Waals surface area (Å²) in [6.45, 7) is 4.76. The minimum atomic E-state index is -0.321. The molecule has 0 radical (unpaired) electrons. The van der Waals surface area contributed by atoms with Gasteiger partial charge in [-0.3, -0.25) is 4.79 Å². The molecular weight excluding hydrogens is 202 g/mol. The lowest BCUT2D eigenvalue weighted by molar-refractivity contribution is -0.146. The molecular formula is C13H23NO2. The maximum absolute atomic E-state index is 12.4. The number of rotatable bonds is 1. The van der Waals surface area contributed by atoms with Gasteiger partial charge in [-0.2, -0.15) is 0 Å². The lowest BCUT2D eigenvalue weighted by atomic mass is 9.87. The maximum Gasteiger partial charge on any atom is 0.226 e. The minimum Gasteiger partial charge on any atom is -0.391 e. The van der Waals surface area contributed by atoms with Gasteiger partial charge in [0.05, 0.1) is 6.10 Å². The molecule has 0 spiro atoms. The van der Waals surface area contributed by atoms with Gasteiger partial charge < -0.3 is 10.0 Å². The Kier molecular flexibility index (Phi) is 3.24. The minimum absolute atomic E-state index is 0.0705. The normalized spacial score (nSPS) is 30.7. The lowest BCUT2D eigenvalue weighted by Crippen LogP contribution is -2.56.